The van der Waals surface area contributed by atoms with Gasteiger partial charge in [-0.15, -0.1) is 0 Å². The summed E-state index contributed by atoms with van der Waals surface area (Å²) in [6, 6.07) is 18.5. The number of rotatable bonds is 4. The van der Waals surface area contributed by atoms with Gasteiger partial charge in [0.05, 0.1) is 17.2 Å². The lowest BCUT2D eigenvalue weighted by molar-refractivity contribution is 0.0696. The summed E-state index contributed by atoms with van der Waals surface area (Å²) in [6.45, 7) is 3.75. The summed E-state index contributed by atoms with van der Waals surface area (Å²) in [5, 5.41) is 18.7. The molecule has 0 aliphatic carbocycles. The number of aromatic carboxylic acids is 1. The normalized spacial score (nSPS) is 11.2. The lowest BCUT2D eigenvalue weighted by Crippen LogP contribution is -2.00. The molecule has 3 rings (SSSR count). The molecule has 4 nitrogen and oxygen atoms in total. The van der Waals surface area contributed by atoms with Crippen molar-refractivity contribution in [1.29, 1.82) is 5.26 Å². The maximum Gasteiger partial charge on any atom is 0.335 e. The molecule has 0 saturated carbocycles. The van der Waals surface area contributed by atoms with Gasteiger partial charge in [0.15, 0.2) is 0 Å². The topological polar surface area (TPSA) is 74.2 Å². The summed E-state index contributed by atoms with van der Waals surface area (Å²) in [5.74, 6) is 0.137. The van der Waals surface area contributed by atoms with Gasteiger partial charge in [0.2, 0.25) is 0 Å². The number of aryl methyl sites for hydroxylation is 1. The zero-order valence-corrected chi connectivity index (χ0v) is 14.5. The van der Waals surface area contributed by atoms with Gasteiger partial charge < -0.3 is 9.52 Å². The van der Waals surface area contributed by atoms with Crippen molar-refractivity contribution in [3.05, 3.63) is 82.6 Å². The van der Waals surface area contributed by atoms with Gasteiger partial charge in [-0.05, 0) is 49.2 Å². The number of nitrogens with zero attached hydrogens (tertiary/aromatic N) is 1. The van der Waals surface area contributed by atoms with E-state index >= 15 is 0 Å². The van der Waals surface area contributed by atoms with Crippen molar-refractivity contribution in [2.45, 2.75) is 13.8 Å². The Morgan fingerprint density at radius 3 is 2.46 bits per heavy atom. The predicted molar refractivity (Wildman–Crippen MR) is 101 cm³/mol. The van der Waals surface area contributed by atoms with Crippen LogP contribution in [0.2, 0.25) is 0 Å². The molecule has 0 aliphatic rings. The van der Waals surface area contributed by atoms with Gasteiger partial charge in [0.25, 0.3) is 0 Å². The van der Waals surface area contributed by atoms with Crippen LogP contribution in [0.5, 0.6) is 0 Å². The number of furan rings is 1. The zero-order valence-electron chi connectivity index (χ0n) is 14.5. The van der Waals surface area contributed by atoms with E-state index in [4.69, 9.17) is 4.42 Å². The van der Waals surface area contributed by atoms with Crippen molar-refractivity contribution in [2.75, 3.05) is 0 Å². The van der Waals surface area contributed by atoms with Crippen molar-refractivity contribution in [3.63, 3.8) is 0 Å². The Bertz CT molecular complexity index is 1030. The highest BCUT2D eigenvalue weighted by atomic mass is 16.4. The molecule has 4 heteroatoms. The second-order valence-electron chi connectivity index (χ2n) is 6.02. The second kappa shape index (κ2) is 7.12. The molecule has 128 valence electrons. The van der Waals surface area contributed by atoms with E-state index < -0.39 is 5.97 Å². The molecule has 1 aromatic heterocycles. The first kappa shape index (κ1) is 17.2. The molecule has 0 radical (unpaired) electrons. The number of carboxylic acid groups (broad SMARTS) is 1. The van der Waals surface area contributed by atoms with Gasteiger partial charge >= 0.3 is 5.97 Å². The lowest BCUT2D eigenvalue weighted by Gasteiger charge is -2.06. The van der Waals surface area contributed by atoms with Crippen LogP contribution in [0.15, 0.2) is 59.0 Å². The fraction of sp³-hybridized carbons (Fsp3) is 0.0909. The van der Waals surface area contributed by atoms with Gasteiger partial charge in [-0.2, -0.15) is 5.26 Å². The van der Waals surface area contributed by atoms with Crippen LogP contribution in [0.1, 0.15) is 32.8 Å². The first-order valence-corrected chi connectivity index (χ1v) is 8.11. The van der Waals surface area contributed by atoms with Gasteiger partial charge in [-0.1, -0.05) is 42.0 Å². The molecule has 0 saturated heterocycles. The van der Waals surface area contributed by atoms with Gasteiger partial charge in [0.1, 0.15) is 11.5 Å². The van der Waals surface area contributed by atoms with E-state index in [9.17, 15) is 15.2 Å². The molecular weight excluding hydrogens is 326 g/mol. The minimum Gasteiger partial charge on any atom is -0.478 e. The second-order valence-corrected chi connectivity index (χ2v) is 6.02. The third kappa shape index (κ3) is 3.42. The van der Waals surface area contributed by atoms with Gasteiger partial charge in [0, 0.05) is 5.56 Å². The molecule has 0 aliphatic heterocycles. The highest BCUT2D eigenvalue weighted by Gasteiger charge is 2.14. The van der Waals surface area contributed by atoms with Crippen LogP contribution in [0.4, 0.5) is 0 Å². The maximum absolute atomic E-state index is 11.3. The Morgan fingerprint density at radius 1 is 1.08 bits per heavy atom. The highest BCUT2D eigenvalue weighted by molar-refractivity contribution is 5.92. The number of carbonyl (C=O) groups is 1. The average molecular weight is 343 g/mol. The Kier molecular flexibility index (Phi) is 4.72. The standard InChI is InChI=1S/C22H17NO3/c1-14-6-8-16(9-7-14)17(13-23)12-18-10-11-21(26-18)19-4-3-5-20(15(19)2)22(24)25/h3-12H,1-2H3,(H,24,25)/b17-12-. The van der Waals surface area contributed by atoms with Crippen molar-refractivity contribution in [3.8, 4) is 17.4 Å². The highest BCUT2D eigenvalue weighted by Crippen LogP contribution is 2.29. The zero-order chi connectivity index (χ0) is 18.7. The quantitative estimate of drug-likeness (QED) is 0.650. The number of nitriles is 1. The molecular formula is C22H17NO3. The lowest BCUT2D eigenvalue weighted by atomic mass is 10.0. The molecule has 1 heterocycles. The van der Waals surface area contributed by atoms with Crippen LogP contribution in [0, 0.1) is 25.2 Å². The fourth-order valence-electron chi connectivity index (χ4n) is 2.76. The number of benzene rings is 2. The Labute approximate surface area is 151 Å². The number of hydrogen-bond acceptors (Lipinski definition) is 3. The van der Waals surface area contributed by atoms with Gasteiger partial charge in [-0.25, -0.2) is 4.79 Å². The first-order valence-electron chi connectivity index (χ1n) is 8.11. The van der Waals surface area contributed by atoms with Crippen LogP contribution in [-0.4, -0.2) is 11.1 Å². The molecule has 0 unspecified atom stereocenters. The largest absolute Gasteiger partial charge is 0.478 e. The van der Waals surface area contributed by atoms with Crippen molar-refractivity contribution in [1.82, 2.24) is 0 Å². The van der Waals surface area contributed by atoms with E-state index in [2.05, 4.69) is 6.07 Å². The molecule has 26 heavy (non-hydrogen) atoms. The first-order chi connectivity index (χ1) is 12.5. The van der Waals surface area contributed by atoms with E-state index in [1.165, 1.54) is 0 Å². The fourth-order valence-corrected chi connectivity index (χ4v) is 2.76. The third-order valence-electron chi connectivity index (χ3n) is 4.23. The number of allylic oxidation sites excluding steroid dienone is 1. The van der Waals surface area contributed by atoms with E-state index in [0.717, 1.165) is 16.7 Å². The minimum atomic E-state index is -0.970. The molecule has 0 fully saturated rings. The van der Waals surface area contributed by atoms with E-state index in [1.54, 1.807) is 37.3 Å². The predicted octanol–water partition coefficient (Wildman–Crippen LogP) is 5.33. The summed E-state index contributed by atoms with van der Waals surface area (Å²) < 4.78 is 5.84. The maximum atomic E-state index is 11.3. The Morgan fingerprint density at radius 2 is 1.81 bits per heavy atom. The van der Waals surface area contributed by atoms with Crippen molar-refractivity contribution >= 4 is 17.6 Å². The van der Waals surface area contributed by atoms with Crippen molar-refractivity contribution in [2.24, 2.45) is 0 Å². The smallest absolute Gasteiger partial charge is 0.335 e. The molecule has 1 N–H and O–H groups in total. The summed E-state index contributed by atoms with van der Waals surface area (Å²) in [5.41, 5.74) is 4.05. The Hall–Kier alpha value is -3.58. The number of hydrogen-bond donors (Lipinski definition) is 1. The van der Waals surface area contributed by atoms with E-state index in [-0.39, 0.29) is 5.56 Å². The van der Waals surface area contributed by atoms with Crippen LogP contribution < -0.4 is 0 Å². The Balaban J connectivity index is 1.98. The number of carboxylic acids is 1. The average Bonchev–Trinajstić information content (AvgIpc) is 3.09. The monoisotopic (exact) mass is 343 g/mol. The van der Waals surface area contributed by atoms with E-state index in [0.29, 0.717) is 22.7 Å². The molecule has 0 bridgehead atoms. The summed E-state index contributed by atoms with van der Waals surface area (Å²) in [4.78, 5) is 11.3. The summed E-state index contributed by atoms with van der Waals surface area (Å²) in [6.07, 6.45) is 1.69. The van der Waals surface area contributed by atoms with Crippen LogP contribution >= 0.6 is 0 Å². The van der Waals surface area contributed by atoms with Crippen LogP contribution in [0.25, 0.3) is 23.0 Å². The molecule has 0 atom stereocenters. The SMILES string of the molecule is Cc1ccc(/C(C#N)=C\c2ccc(-c3cccc(C(=O)O)c3C)o2)cc1. The minimum absolute atomic E-state index is 0.244. The van der Waals surface area contributed by atoms with Crippen LogP contribution in [-0.2, 0) is 0 Å². The van der Waals surface area contributed by atoms with E-state index in [1.807, 2.05) is 37.3 Å². The van der Waals surface area contributed by atoms with Gasteiger partial charge in [-0.3, -0.25) is 0 Å². The van der Waals surface area contributed by atoms with Crippen molar-refractivity contribution < 1.29 is 14.3 Å². The molecule has 0 amide bonds. The summed E-state index contributed by atoms with van der Waals surface area (Å²) >= 11 is 0. The molecule has 0 spiro atoms. The molecule has 2 aromatic carbocycles. The third-order valence-corrected chi connectivity index (χ3v) is 4.23. The molecule has 3 aromatic rings. The van der Waals surface area contributed by atoms with Crippen LogP contribution in [0.3, 0.4) is 0 Å². The summed E-state index contributed by atoms with van der Waals surface area (Å²) in [7, 11) is 0.